The molecule has 0 spiro atoms. The molecule has 0 aliphatic carbocycles. The van der Waals surface area contributed by atoms with Crippen molar-refractivity contribution in [1.82, 2.24) is 0 Å². The molecule has 2 heteroatoms. The van der Waals surface area contributed by atoms with Crippen LogP contribution in [0.15, 0.2) is 24.3 Å². The molecule has 0 heterocycles. The molecule has 0 saturated carbocycles. The van der Waals surface area contributed by atoms with E-state index in [0.717, 1.165) is 5.56 Å². The van der Waals surface area contributed by atoms with Crippen LogP contribution in [-0.4, -0.2) is 21.8 Å². The first-order chi connectivity index (χ1) is 5.72. The Morgan fingerprint density at radius 1 is 1.25 bits per heavy atom. The van der Waals surface area contributed by atoms with Gasteiger partial charge in [-0.05, 0) is 0 Å². The number of benzene rings is 1. The summed E-state index contributed by atoms with van der Waals surface area (Å²) in [5.74, 6) is 0. The monoisotopic (exact) mass is 355 g/mol. The van der Waals surface area contributed by atoms with Gasteiger partial charge in [0, 0.05) is 0 Å². The van der Waals surface area contributed by atoms with Gasteiger partial charge in [0.1, 0.15) is 0 Å². The Hall–Kier alpha value is -0.407. The number of rotatable bonds is 2. The minimum atomic E-state index is -1.06. The molecule has 0 N–H and O–H groups in total. The van der Waals surface area contributed by atoms with Gasteiger partial charge >= 0.3 is 81.9 Å². The third-order valence-corrected chi connectivity index (χ3v) is 5.46. The zero-order valence-corrected chi connectivity index (χ0v) is 10.9. The van der Waals surface area contributed by atoms with Crippen LogP contribution in [0.3, 0.4) is 0 Å². The molecule has 0 radical (unpaired) electrons. The van der Waals surface area contributed by atoms with E-state index in [2.05, 4.69) is 27.5 Å². The Morgan fingerprint density at radius 3 is 2.25 bits per heavy atom. The second-order valence-electron chi connectivity index (χ2n) is 3.05. The molecule has 0 unspecified atom stereocenters. The molecule has 0 amide bonds. The van der Waals surface area contributed by atoms with Crippen LogP contribution in [0.5, 0.6) is 0 Å². The van der Waals surface area contributed by atoms with Gasteiger partial charge in [0.25, 0.3) is 0 Å². The van der Waals surface area contributed by atoms with E-state index in [-0.39, 0.29) is 0 Å². The van der Waals surface area contributed by atoms with Crippen LogP contribution in [0, 0.1) is 11.3 Å². The van der Waals surface area contributed by atoms with E-state index in [1.165, 1.54) is 9.69 Å². The van der Waals surface area contributed by atoms with Crippen molar-refractivity contribution >= 4 is 21.8 Å². The molecule has 0 bridgehead atoms. The zero-order chi connectivity index (χ0) is 8.97. The second kappa shape index (κ2) is 4.58. The average Bonchev–Trinajstić information content (AvgIpc) is 2.05. The number of nitrogens with zero attached hydrogens (tertiary/aromatic N) is 1. The Balaban J connectivity index is 2.73. The van der Waals surface area contributed by atoms with E-state index in [0.29, 0.717) is 0 Å². The van der Waals surface area contributed by atoms with Crippen molar-refractivity contribution in [2.24, 2.45) is 0 Å². The summed E-state index contributed by atoms with van der Waals surface area (Å²) in [7, 11) is 0. The molecule has 0 aromatic heterocycles. The molecule has 62 valence electrons. The fraction of sp³-hybridized carbons (Fsp3) is 0.300. The van der Waals surface area contributed by atoms with Crippen LogP contribution in [0.1, 0.15) is 11.1 Å². The molecule has 1 nitrogen and oxygen atoms in total. The summed E-state index contributed by atoms with van der Waals surface area (Å²) < 4.78 is 6.09. The fourth-order valence-corrected chi connectivity index (χ4v) is 4.71. The summed E-state index contributed by atoms with van der Waals surface area (Å²) in [5, 5.41) is 8.57. The van der Waals surface area contributed by atoms with Crippen LogP contribution >= 0.6 is 0 Å². The van der Waals surface area contributed by atoms with Crippen molar-refractivity contribution in [1.29, 1.82) is 5.26 Å². The van der Waals surface area contributed by atoms with E-state index < -0.39 is 21.8 Å². The van der Waals surface area contributed by atoms with Gasteiger partial charge in [0.15, 0.2) is 0 Å². The third-order valence-electron chi connectivity index (χ3n) is 1.58. The normalized spacial score (nSPS) is 9.83. The van der Waals surface area contributed by atoms with Gasteiger partial charge < -0.3 is 0 Å². The van der Waals surface area contributed by atoms with E-state index in [4.69, 9.17) is 5.26 Å². The quantitative estimate of drug-likeness (QED) is 0.748. The van der Waals surface area contributed by atoms with Crippen molar-refractivity contribution < 1.29 is 0 Å². The first-order valence-corrected chi connectivity index (χ1v) is 13.3. The molecular weight excluding hydrogens is 343 g/mol. The summed E-state index contributed by atoms with van der Waals surface area (Å²) in [5.41, 5.74) is 2.16. The van der Waals surface area contributed by atoms with E-state index in [1.807, 2.05) is 12.1 Å². The molecule has 12 heavy (non-hydrogen) atoms. The van der Waals surface area contributed by atoms with Crippen molar-refractivity contribution in [2.45, 2.75) is 13.4 Å². The topological polar surface area (TPSA) is 23.8 Å². The van der Waals surface area contributed by atoms with E-state index in [9.17, 15) is 0 Å². The van der Waals surface area contributed by atoms with Crippen LogP contribution in [-0.2, 0) is 4.13 Å². The first kappa shape index (κ1) is 9.68. The maximum atomic E-state index is 8.57. The predicted octanol–water partition coefficient (Wildman–Crippen LogP) is 2.39. The predicted molar refractivity (Wildman–Crippen MR) is 52.3 cm³/mol. The summed E-state index contributed by atoms with van der Waals surface area (Å²) in [6.07, 6.45) is 0. The molecule has 1 rings (SSSR count). The van der Waals surface area contributed by atoms with Crippen molar-refractivity contribution in [3.05, 3.63) is 35.4 Å². The Bertz CT molecular complexity index is 282. The van der Waals surface area contributed by atoms with Gasteiger partial charge in [-0.15, -0.1) is 0 Å². The maximum absolute atomic E-state index is 8.57. The van der Waals surface area contributed by atoms with Crippen molar-refractivity contribution in [3.8, 4) is 6.07 Å². The Labute approximate surface area is 81.7 Å². The van der Waals surface area contributed by atoms with E-state index in [1.54, 1.807) is 0 Å². The Kier molecular flexibility index (Phi) is 3.69. The van der Waals surface area contributed by atoms with Crippen LogP contribution in [0.4, 0.5) is 0 Å². The molecule has 1 aromatic rings. The minimum absolute atomic E-state index is 0.761. The number of nitriles is 1. The summed E-state index contributed by atoms with van der Waals surface area (Å²) in [4.78, 5) is 0. The van der Waals surface area contributed by atoms with Gasteiger partial charge in [0.2, 0.25) is 0 Å². The molecule has 0 aliphatic heterocycles. The number of hydrogen-bond donors (Lipinski definition) is 0. The fourth-order valence-electron chi connectivity index (χ4n) is 1.05. The summed E-state index contributed by atoms with van der Waals surface area (Å²) in [6.45, 7) is 0. The van der Waals surface area contributed by atoms with E-state index >= 15 is 0 Å². The van der Waals surface area contributed by atoms with Gasteiger partial charge in [-0.2, -0.15) is 0 Å². The standard InChI is InChI=1S/C8H6N.2CH3.Bi/c1-7-2-4-8(6-9)5-3-7;;;/h2-5H,1H2;2*1H3;. The third kappa shape index (κ3) is 2.91. The molecular formula is C10H12BiN. The SMILES string of the molecule is [CH3][Bi]([CH3])[CH2]c1ccc(C#N)cc1. The summed E-state index contributed by atoms with van der Waals surface area (Å²) in [6, 6.07) is 10.1. The first-order valence-electron chi connectivity index (χ1n) is 3.86. The second-order valence-corrected chi connectivity index (χ2v) is 12.7. The summed E-state index contributed by atoms with van der Waals surface area (Å²) >= 11 is -1.06. The Morgan fingerprint density at radius 2 is 1.83 bits per heavy atom. The molecule has 1 aromatic carbocycles. The number of hydrogen-bond acceptors (Lipinski definition) is 1. The van der Waals surface area contributed by atoms with Crippen molar-refractivity contribution in [3.63, 3.8) is 0 Å². The van der Waals surface area contributed by atoms with Crippen LogP contribution < -0.4 is 0 Å². The zero-order valence-electron chi connectivity index (χ0n) is 7.41. The molecule has 0 saturated heterocycles. The average molecular weight is 355 g/mol. The van der Waals surface area contributed by atoms with Crippen LogP contribution in [0.2, 0.25) is 9.26 Å². The van der Waals surface area contributed by atoms with Crippen LogP contribution in [0.25, 0.3) is 0 Å². The van der Waals surface area contributed by atoms with Gasteiger partial charge in [-0.3, -0.25) is 0 Å². The van der Waals surface area contributed by atoms with Crippen molar-refractivity contribution in [2.75, 3.05) is 0 Å². The van der Waals surface area contributed by atoms with Gasteiger partial charge in [0.05, 0.1) is 0 Å². The molecule has 0 aliphatic rings. The molecule has 0 atom stereocenters. The molecule has 0 fully saturated rings. The van der Waals surface area contributed by atoms with Gasteiger partial charge in [-0.1, -0.05) is 0 Å². The van der Waals surface area contributed by atoms with Gasteiger partial charge in [-0.25, -0.2) is 0 Å².